The Morgan fingerprint density at radius 1 is 1.33 bits per heavy atom. The molecule has 0 aromatic rings. The molecule has 4 N–H and O–H groups in total. The second-order valence-corrected chi connectivity index (χ2v) is 0.289. The molecule has 0 saturated heterocycles. The molecule has 0 bridgehead atoms. The van der Waals surface area contributed by atoms with Crippen LogP contribution in [0.4, 0.5) is 0 Å². The minimum absolute atomic E-state index is 0. The van der Waals surface area contributed by atoms with Gasteiger partial charge in [-0.15, -0.1) is 0 Å². The van der Waals surface area contributed by atoms with Crippen molar-refractivity contribution < 1.29 is 50.0 Å². The maximum atomic E-state index is 8.46. The average molecular weight is 124 g/mol. The van der Waals surface area contributed by atoms with Crippen molar-refractivity contribution in [1.29, 1.82) is 0 Å². The molecule has 0 aromatic carbocycles. The van der Waals surface area contributed by atoms with E-state index in [0.717, 1.165) is 0 Å². The summed E-state index contributed by atoms with van der Waals surface area (Å²) < 4.78 is 8.46. The van der Waals surface area contributed by atoms with Crippen LogP contribution in [0, 0.1) is 0 Å². The molecule has 1 unspecified atom stereocenters. The third kappa shape index (κ3) is 70.1. The van der Waals surface area contributed by atoms with Gasteiger partial charge in [-0.2, -0.15) is 0 Å². The third-order valence-corrected chi connectivity index (χ3v) is 0. The monoisotopic (exact) mass is 124 g/mol. The van der Waals surface area contributed by atoms with Gasteiger partial charge >= 0.3 is 29.6 Å². The van der Waals surface area contributed by atoms with Gasteiger partial charge in [0.05, 0.1) is 0 Å². The first-order valence-electron chi connectivity index (χ1n) is 0.471. The fourth-order valence-electron chi connectivity index (χ4n) is 0. The van der Waals surface area contributed by atoms with Gasteiger partial charge in [0, 0.05) is 0 Å². The van der Waals surface area contributed by atoms with Gasteiger partial charge in [-0.25, -0.2) is 0 Å². The largest absolute Gasteiger partial charge is 1.00 e. The second kappa shape index (κ2) is 35.8. The molecule has 0 amide bonds. The van der Waals surface area contributed by atoms with Gasteiger partial charge in [0.25, 0.3) is 0 Å². The Balaban J connectivity index is -0.00000000667. The molecule has 1 atom stereocenters. The van der Waals surface area contributed by atoms with Crippen molar-refractivity contribution in [1.82, 2.24) is 0 Å². The van der Waals surface area contributed by atoms with Gasteiger partial charge in [-0.05, 0) is 8.69 Å². The van der Waals surface area contributed by atoms with E-state index in [9.17, 15) is 0 Å². The topological polar surface area (TPSA) is 103 Å². The van der Waals surface area contributed by atoms with Gasteiger partial charge in [0.1, 0.15) is 0 Å². The van der Waals surface area contributed by atoms with Crippen molar-refractivity contribution >= 4 is 8.69 Å². The number of hydrogen-bond acceptors (Lipinski definition) is 2. The molecular formula is H6NaO4P. The van der Waals surface area contributed by atoms with E-state index in [0.29, 0.717) is 0 Å². The Morgan fingerprint density at radius 3 is 1.33 bits per heavy atom. The van der Waals surface area contributed by atoms with E-state index in [2.05, 4.69) is 0 Å². The summed E-state index contributed by atoms with van der Waals surface area (Å²) in [7, 11) is -1.75. The first kappa shape index (κ1) is 27.4. The van der Waals surface area contributed by atoms with Crippen LogP contribution in [0.15, 0.2) is 0 Å². The molecule has 0 heterocycles. The average Bonchev–Trinajstić information content (AvgIpc) is 0.918. The van der Waals surface area contributed by atoms with Crippen molar-refractivity contribution in [2.75, 3.05) is 0 Å². The number of rotatable bonds is 0. The van der Waals surface area contributed by atoms with E-state index in [4.69, 9.17) is 9.46 Å². The fourth-order valence-corrected chi connectivity index (χ4v) is 0. The molecule has 4 nitrogen and oxygen atoms in total. The minimum atomic E-state index is -1.75. The van der Waals surface area contributed by atoms with Gasteiger partial charge in [0.15, 0.2) is 0 Å². The summed E-state index contributed by atoms with van der Waals surface area (Å²) in [4.78, 5) is 8.46. The zero-order valence-corrected chi connectivity index (χ0v) is 6.55. The summed E-state index contributed by atoms with van der Waals surface area (Å²) in [6.07, 6.45) is 0. The molecule has 6 heavy (non-hydrogen) atoms. The number of hydrogen-bond donors (Lipinski definition) is 0. The summed E-state index contributed by atoms with van der Waals surface area (Å²) >= 11 is 0. The maximum Gasteiger partial charge on any atom is 1.00 e. The quantitative estimate of drug-likeness (QED) is 0.237. The fraction of sp³-hybridized carbons (Fsp3) is 0. The van der Waals surface area contributed by atoms with E-state index in [1.54, 1.807) is 0 Å². The Kier molecular flexibility index (Phi) is 164. The van der Waals surface area contributed by atoms with Crippen molar-refractivity contribution in [2.45, 2.75) is 0 Å². The van der Waals surface area contributed by atoms with Crippen LogP contribution in [0.1, 0.15) is 0 Å². The molecule has 0 aliphatic heterocycles. The van der Waals surface area contributed by atoms with Crippen LogP contribution in [-0.4, -0.2) is 11.0 Å². The Morgan fingerprint density at radius 2 is 1.33 bits per heavy atom. The maximum absolute atomic E-state index is 8.46. The standard InChI is InChI=1S/Na.H3O2P.2H2O/c;1-3-2;;/h;3H2,(H,1,2);2*1H2/q+1;;;/p-1. The Bertz CT molecular complexity index is 15.0. The normalized spacial score (nSPS) is 4.83. The Hall–Kier alpha value is 1.11. The predicted molar refractivity (Wildman–Crippen MR) is 17.6 cm³/mol. The molecule has 36 valence electrons. The van der Waals surface area contributed by atoms with Gasteiger partial charge in [-0.1, -0.05) is 0 Å². The first-order valence-corrected chi connectivity index (χ1v) is 1.41. The van der Waals surface area contributed by atoms with Gasteiger partial charge in [0.2, 0.25) is 0 Å². The van der Waals surface area contributed by atoms with Crippen LogP contribution in [0.25, 0.3) is 0 Å². The summed E-state index contributed by atoms with van der Waals surface area (Å²) in [5, 5.41) is 0. The van der Waals surface area contributed by atoms with E-state index in [1.165, 1.54) is 0 Å². The first-order chi connectivity index (χ1) is 1.41. The van der Waals surface area contributed by atoms with Crippen LogP contribution >= 0.6 is 8.69 Å². The molecule has 0 radical (unpaired) electrons. The van der Waals surface area contributed by atoms with E-state index < -0.39 is 8.69 Å². The molecule has 0 aliphatic carbocycles. The summed E-state index contributed by atoms with van der Waals surface area (Å²) in [6, 6.07) is 0. The van der Waals surface area contributed by atoms with Gasteiger partial charge in [-0.3, -0.25) is 0 Å². The molecule has 0 aliphatic rings. The second-order valence-electron chi connectivity index (χ2n) is 0.0962. The third-order valence-electron chi connectivity index (χ3n) is 0. The van der Waals surface area contributed by atoms with Crippen LogP contribution in [0.5, 0.6) is 0 Å². The molecule has 0 aromatic heterocycles. The van der Waals surface area contributed by atoms with E-state index in [1.807, 2.05) is 0 Å². The van der Waals surface area contributed by atoms with Crippen molar-refractivity contribution in [3.63, 3.8) is 0 Å². The molecule has 0 spiro atoms. The van der Waals surface area contributed by atoms with Crippen LogP contribution in [0.2, 0.25) is 0 Å². The summed E-state index contributed by atoms with van der Waals surface area (Å²) in [5.41, 5.74) is 0. The predicted octanol–water partition coefficient (Wildman–Crippen LogP) is -5.63. The van der Waals surface area contributed by atoms with Crippen LogP contribution in [-0.2, 0) is 4.57 Å². The molecule has 0 saturated carbocycles. The summed E-state index contributed by atoms with van der Waals surface area (Å²) in [6.45, 7) is 0. The molecule has 0 fully saturated rings. The molecular weight excluding hydrogens is 118 g/mol. The zero-order valence-electron chi connectivity index (χ0n) is 3.39. The molecule has 0 rings (SSSR count). The van der Waals surface area contributed by atoms with E-state index >= 15 is 0 Å². The SMILES string of the molecule is O.O.O=[PH2][O-].[Na+]. The van der Waals surface area contributed by atoms with Crippen molar-refractivity contribution in [2.24, 2.45) is 0 Å². The molecule has 6 heteroatoms. The van der Waals surface area contributed by atoms with Gasteiger partial charge < -0.3 is 20.4 Å². The Labute approximate surface area is 58.7 Å². The van der Waals surface area contributed by atoms with Crippen molar-refractivity contribution in [3.8, 4) is 0 Å². The smallest absolute Gasteiger partial charge is 0.804 e. The minimum Gasteiger partial charge on any atom is -0.804 e. The van der Waals surface area contributed by atoms with E-state index in [-0.39, 0.29) is 40.5 Å². The van der Waals surface area contributed by atoms with Crippen molar-refractivity contribution in [3.05, 3.63) is 0 Å². The van der Waals surface area contributed by atoms with Crippen LogP contribution < -0.4 is 34.5 Å². The zero-order chi connectivity index (χ0) is 2.71. The summed E-state index contributed by atoms with van der Waals surface area (Å²) in [5.74, 6) is 0. The van der Waals surface area contributed by atoms with Crippen LogP contribution in [0.3, 0.4) is 0 Å².